The summed E-state index contributed by atoms with van der Waals surface area (Å²) in [6.07, 6.45) is 2.81. The third-order valence-electron chi connectivity index (χ3n) is 3.15. The molecule has 0 fully saturated rings. The predicted molar refractivity (Wildman–Crippen MR) is 64.2 cm³/mol. The molecule has 0 aliphatic carbocycles. The van der Waals surface area contributed by atoms with Crippen LogP contribution in [0.5, 0.6) is 0 Å². The molecule has 3 rings (SSSR count). The minimum absolute atomic E-state index is 0.0838. The van der Waals surface area contributed by atoms with E-state index in [0.717, 1.165) is 24.2 Å². The third-order valence-corrected chi connectivity index (χ3v) is 3.15. The molecule has 1 N–H and O–H groups in total. The van der Waals surface area contributed by atoms with Crippen molar-refractivity contribution in [2.75, 3.05) is 6.54 Å². The Morgan fingerprint density at radius 2 is 2.00 bits per heavy atom. The van der Waals surface area contributed by atoms with Gasteiger partial charge in [0.1, 0.15) is 5.82 Å². The van der Waals surface area contributed by atoms with Crippen LogP contribution < -0.4 is 5.32 Å². The second kappa shape index (κ2) is 4.26. The minimum atomic E-state index is -0.203. The molecule has 86 valence electrons. The van der Waals surface area contributed by atoms with Crippen LogP contribution in [0, 0.1) is 5.82 Å². The van der Waals surface area contributed by atoms with E-state index in [2.05, 4.69) is 16.4 Å². The van der Waals surface area contributed by atoms with Crippen molar-refractivity contribution in [1.82, 2.24) is 10.3 Å². The van der Waals surface area contributed by atoms with Crippen molar-refractivity contribution in [3.8, 4) is 0 Å². The molecule has 1 aromatic heterocycles. The van der Waals surface area contributed by atoms with E-state index in [1.165, 1.54) is 17.7 Å². The first-order valence-electron chi connectivity index (χ1n) is 5.77. The molecule has 0 radical (unpaired) electrons. The van der Waals surface area contributed by atoms with Gasteiger partial charge in [-0.25, -0.2) is 4.39 Å². The fraction of sp³-hybridized carbons (Fsp3) is 0.214. The van der Waals surface area contributed by atoms with Gasteiger partial charge in [0.25, 0.3) is 0 Å². The molecule has 1 aliphatic rings. The fourth-order valence-corrected chi connectivity index (χ4v) is 2.30. The highest BCUT2D eigenvalue weighted by Gasteiger charge is 2.21. The van der Waals surface area contributed by atoms with Gasteiger partial charge >= 0.3 is 0 Å². The van der Waals surface area contributed by atoms with E-state index in [1.807, 2.05) is 24.4 Å². The van der Waals surface area contributed by atoms with E-state index in [4.69, 9.17) is 0 Å². The van der Waals surface area contributed by atoms with E-state index >= 15 is 0 Å². The molecule has 0 saturated carbocycles. The summed E-state index contributed by atoms with van der Waals surface area (Å²) in [5, 5.41) is 3.43. The fourth-order valence-electron chi connectivity index (χ4n) is 2.30. The summed E-state index contributed by atoms with van der Waals surface area (Å²) in [5.74, 6) is -0.203. The zero-order valence-electron chi connectivity index (χ0n) is 9.36. The van der Waals surface area contributed by atoms with E-state index < -0.39 is 0 Å². The molecular formula is C14H13FN2. The summed E-state index contributed by atoms with van der Waals surface area (Å²) in [7, 11) is 0. The monoisotopic (exact) mass is 228 g/mol. The van der Waals surface area contributed by atoms with Crippen molar-refractivity contribution in [2.45, 2.75) is 12.5 Å². The van der Waals surface area contributed by atoms with Gasteiger partial charge in [-0.1, -0.05) is 18.2 Å². The van der Waals surface area contributed by atoms with Crippen molar-refractivity contribution in [1.29, 1.82) is 0 Å². The van der Waals surface area contributed by atoms with Crippen LogP contribution in [0.25, 0.3) is 0 Å². The van der Waals surface area contributed by atoms with Crippen LogP contribution >= 0.6 is 0 Å². The molecular weight excluding hydrogens is 215 g/mol. The van der Waals surface area contributed by atoms with Crippen LogP contribution in [-0.2, 0) is 6.42 Å². The van der Waals surface area contributed by atoms with Gasteiger partial charge in [0.05, 0.1) is 11.7 Å². The van der Waals surface area contributed by atoms with Gasteiger partial charge in [-0.15, -0.1) is 0 Å². The van der Waals surface area contributed by atoms with Crippen molar-refractivity contribution in [2.24, 2.45) is 0 Å². The number of pyridine rings is 1. The highest BCUT2D eigenvalue weighted by molar-refractivity contribution is 5.34. The number of hydrogen-bond donors (Lipinski definition) is 1. The lowest BCUT2D eigenvalue weighted by Crippen LogP contribution is -2.31. The molecule has 0 bridgehead atoms. The highest BCUT2D eigenvalue weighted by Crippen LogP contribution is 2.26. The number of benzene rings is 1. The Morgan fingerprint density at radius 1 is 1.18 bits per heavy atom. The zero-order valence-corrected chi connectivity index (χ0v) is 9.36. The minimum Gasteiger partial charge on any atom is -0.305 e. The van der Waals surface area contributed by atoms with E-state index in [-0.39, 0.29) is 11.9 Å². The van der Waals surface area contributed by atoms with Gasteiger partial charge in [0.2, 0.25) is 0 Å². The first kappa shape index (κ1) is 10.4. The molecule has 1 unspecified atom stereocenters. The second-order valence-corrected chi connectivity index (χ2v) is 4.24. The molecule has 17 heavy (non-hydrogen) atoms. The molecule has 3 heteroatoms. The average molecular weight is 228 g/mol. The molecule has 2 heterocycles. The number of aromatic nitrogens is 1. The first-order chi connectivity index (χ1) is 8.34. The summed E-state index contributed by atoms with van der Waals surface area (Å²) in [5.41, 5.74) is 3.40. The van der Waals surface area contributed by atoms with Gasteiger partial charge in [0.15, 0.2) is 0 Å². The van der Waals surface area contributed by atoms with Crippen LogP contribution in [0.4, 0.5) is 4.39 Å². The maximum Gasteiger partial charge on any atom is 0.123 e. The van der Waals surface area contributed by atoms with Crippen molar-refractivity contribution in [3.05, 3.63) is 65.2 Å². The summed E-state index contributed by atoms with van der Waals surface area (Å²) < 4.78 is 12.9. The van der Waals surface area contributed by atoms with Crippen LogP contribution in [0.2, 0.25) is 0 Å². The smallest absolute Gasteiger partial charge is 0.123 e. The first-order valence-corrected chi connectivity index (χ1v) is 5.77. The zero-order chi connectivity index (χ0) is 11.7. The summed E-state index contributed by atoms with van der Waals surface area (Å²) in [6.45, 7) is 0.931. The molecule has 1 atom stereocenters. The van der Waals surface area contributed by atoms with Crippen molar-refractivity contribution in [3.63, 3.8) is 0 Å². The Hall–Kier alpha value is -1.74. The van der Waals surface area contributed by atoms with E-state index in [0.29, 0.717) is 0 Å². The third kappa shape index (κ3) is 1.94. The number of fused-ring (bicyclic) bond motifs is 1. The van der Waals surface area contributed by atoms with Crippen LogP contribution in [0.3, 0.4) is 0 Å². The Bertz CT molecular complexity index is 522. The van der Waals surface area contributed by atoms with Gasteiger partial charge in [-0.05, 0) is 35.7 Å². The van der Waals surface area contributed by atoms with E-state index in [9.17, 15) is 4.39 Å². The summed E-state index contributed by atoms with van der Waals surface area (Å²) in [4.78, 5) is 4.44. The lowest BCUT2D eigenvalue weighted by molar-refractivity contribution is 0.550. The number of nitrogens with zero attached hydrogens (tertiary/aromatic N) is 1. The van der Waals surface area contributed by atoms with Crippen molar-refractivity contribution < 1.29 is 4.39 Å². The number of halogens is 1. The van der Waals surface area contributed by atoms with Crippen molar-refractivity contribution >= 4 is 0 Å². The van der Waals surface area contributed by atoms with Crippen LogP contribution in [0.1, 0.15) is 22.9 Å². The average Bonchev–Trinajstić information content (AvgIpc) is 2.39. The topological polar surface area (TPSA) is 24.9 Å². The Kier molecular flexibility index (Phi) is 2.61. The second-order valence-electron chi connectivity index (χ2n) is 4.24. The predicted octanol–water partition coefficient (Wildman–Crippen LogP) is 2.46. The van der Waals surface area contributed by atoms with Gasteiger partial charge in [0, 0.05) is 12.7 Å². The summed E-state index contributed by atoms with van der Waals surface area (Å²) in [6, 6.07) is 10.8. The molecule has 0 spiro atoms. The molecule has 1 aliphatic heterocycles. The standard InChI is InChI=1S/C14H13FN2/c15-12-5-3-11(4-6-12)14-13-10(7-9-17-14)2-1-8-16-13/h1-6,8,14,17H,7,9H2. The molecule has 2 nitrogen and oxygen atoms in total. The van der Waals surface area contributed by atoms with Gasteiger partial charge in [-0.3, -0.25) is 4.98 Å². The summed E-state index contributed by atoms with van der Waals surface area (Å²) >= 11 is 0. The SMILES string of the molecule is Fc1ccc(C2NCCc3cccnc32)cc1. The maximum atomic E-state index is 12.9. The molecule has 2 aromatic rings. The van der Waals surface area contributed by atoms with Crippen LogP contribution in [-0.4, -0.2) is 11.5 Å². The Balaban J connectivity index is 2.03. The molecule has 0 saturated heterocycles. The van der Waals surface area contributed by atoms with Crippen LogP contribution in [0.15, 0.2) is 42.6 Å². The Labute approximate surface area is 99.5 Å². The number of nitrogens with one attached hydrogen (secondary N) is 1. The number of rotatable bonds is 1. The van der Waals surface area contributed by atoms with Gasteiger partial charge in [-0.2, -0.15) is 0 Å². The molecule has 1 aromatic carbocycles. The number of hydrogen-bond acceptors (Lipinski definition) is 2. The lowest BCUT2D eigenvalue weighted by Gasteiger charge is -2.26. The highest BCUT2D eigenvalue weighted by atomic mass is 19.1. The largest absolute Gasteiger partial charge is 0.305 e. The van der Waals surface area contributed by atoms with E-state index in [1.54, 1.807) is 0 Å². The normalized spacial score (nSPS) is 18.8. The quantitative estimate of drug-likeness (QED) is 0.811. The molecule has 0 amide bonds. The Morgan fingerprint density at radius 3 is 2.82 bits per heavy atom. The lowest BCUT2D eigenvalue weighted by atomic mass is 9.94. The maximum absolute atomic E-state index is 12.9. The van der Waals surface area contributed by atoms with Gasteiger partial charge < -0.3 is 5.32 Å².